The minimum Gasteiger partial charge on any atom is -1.00 e. The highest BCUT2D eigenvalue weighted by Crippen LogP contribution is 2.00. The van der Waals surface area contributed by atoms with Gasteiger partial charge in [-0.15, -0.1) is 0 Å². The lowest BCUT2D eigenvalue weighted by Crippen LogP contribution is -3.00. The summed E-state index contributed by atoms with van der Waals surface area (Å²) in [5.41, 5.74) is 5.29. The average Bonchev–Trinajstić information content (AvgIpc) is 2.61. The Labute approximate surface area is 204 Å². The third-order valence-electron chi connectivity index (χ3n) is 4.56. The summed E-state index contributed by atoms with van der Waals surface area (Å²) in [4.78, 5) is 0. The van der Waals surface area contributed by atoms with Crippen molar-refractivity contribution in [2.24, 2.45) is 0 Å². The van der Waals surface area contributed by atoms with Gasteiger partial charge in [-0.1, -0.05) is 11.8 Å². The first-order chi connectivity index (χ1) is 13.5. The molecule has 0 aliphatic heterocycles. The van der Waals surface area contributed by atoms with Crippen LogP contribution in [0, 0.1) is 51.4 Å². The zero-order valence-electron chi connectivity index (χ0n) is 18.8. The molecule has 0 saturated heterocycles. The van der Waals surface area contributed by atoms with Crippen LogP contribution in [0.2, 0.25) is 0 Å². The van der Waals surface area contributed by atoms with E-state index in [2.05, 4.69) is 97.4 Å². The summed E-state index contributed by atoms with van der Waals surface area (Å²) in [6.45, 7) is 10.7. The zero-order valence-corrected chi connectivity index (χ0v) is 21.9. The molecule has 0 aromatic carbocycles. The van der Waals surface area contributed by atoms with Gasteiger partial charge in [0.15, 0.2) is 24.8 Å². The first-order valence-corrected chi connectivity index (χ1v) is 10.4. The molecule has 162 valence electrons. The molecule has 2 rings (SSSR count). The number of aromatic nitrogens is 2. The van der Waals surface area contributed by atoms with Crippen molar-refractivity contribution in [3.63, 3.8) is 0 Å². The van der Waals surface area contributed by atoms with E-state index in [9.17, 15) is 0 Å². The van der Waals surface area contributed by atoms with E-state index < -0.39 is 0 Å². The Hall–Kier alpha value is -1.62. The number of hydrogen-bond acceptors (Lipinski definition) is 0. The molecule has 0 radical (unpaired) electrons. The van der Waals surface area contributed by atoms with Gasteiger partial charge >= 0.3 is 0 Å². The molecule has 0 fully saturated rings. The van der Waals surface area contributed by atoms with Crippen LogP contribution in [0.25, 0.3) is 0 Å². The highest BCUT2D eigenvalue weighted by atomic mass is 79.9. The number of pyridine rings is 2. The van der Waals surface area contributed by atoms with Crippen LogP contribution in [0.5, 0.6) is 0 Å². The second-order valence-electron chi connectivity index (χ2n) is 7.77. The second-order valence-corrected chi connectivity index (χ2v) is 7.77. The molecular weight excluding hydrogens is 500 g/mol. The number of rotatable bonds is 8. The smallest absolute Gasteiger partial charge is 0.171 e. The molecule has 0 aliphatic rings. The first-order valence-electron chi connectivity index (χ1n) is 10.4. The third kappa shape index (κ3) is 12.2. The van der Waals surface area contributed by atoms with Crippen LogP contribution in [0.1, 0.15) is 60.8 Å². The van der Waals surface area contributed by atoms with E-state index >= 15 is 0 Å². The lowest BCUT2D eigenvalue weighted by Gasteiger charge is -1.99. The van der Waals surface area contributed by atoms with Gasteiger partial charge in [-0.3, -0.25) is 0 Å². The Morgan fingerprint density at radius 2 is 0.900 bits per heavy atom. The van der Waals surface area contributed by atoms with Crippen molar-refractivity contribution in [3.8, 4) is 23.7 Å². The van der Waals surface area contributed by atoms with Gasteiger partial charge in [0.05, 0.1) is 0 Å². The normalized spacial score (nSPS) is 9.33. The van der Waals surface area contributed by atoms with Crippen LogP contribution in [0.3, 0.4) is 0 Å². The fourth-order valence-corrected chi connectivity index (χ4v) is 3.48. The predicted molar refractivity (Wildman–Crippen MR) is 115 cm³/mol. The van der Waals surface area contributed by atoms with Crippen LogP contribution >= 0.6 is 0 Å². The summed E-state index contributed by atoms with van der Waals surface area (Å²) in [6, 6.07) is 4.42. The highest BCUT2D eigenvalue weighted by molar-refractivity contribution is 5.25. The van der Waals surface area contributed by atoms with Crippen LogP contribution in [0.4, 0.5) is 0 Å². The van der Waals surface area contributed by atoms with Gasteiger partial charge in [-0.25, -0.2) is 9.13 Å². The lowest BCUT2D eigenvalue weighted by molar-refractivity contribution is -0.698. The molecule has 0 atom stereocenters. The molecule has 0 amide bonds. The summed E-state index contributed by atoms with van der Waals surface area (Å²) >= 11 is 0. The van der Waals surface area contributed by atoms with E-state index in [1.807, 2.05) is 0 Å². The van der Waals surface area contributed by atoms with E-state index in [0.29, 0.717) is 0 Å². The van der Waals surface area contributed by atoms with Gasteiger partial charge in [-0.2, -0.15) is 0 Å². The van der Waals surface area contributed by atoms with Gasteiger partial charge in [0.1, 0.15) is 13.1 Å². The minimum absolute atomic E-state index is 0. The van der Waals surface area contributed by atoms with Crippen LogP contribution in [0.15, 0.2) is 36.9 Å². The van der Waals surface area contributed by atoms with Crippen LogP contribution in [-0.4, -0.2) is 0 Å². The molecule has 4 heteroatoms. The molecule has 2 aromatic heterocycles. The fourth-order valence-electron chi connectivity index (χ4n) is 3.48. The monoisotopic (exact) mass is 532 g/mol. The van der Waals surface area contributed by atoms with Gasteiger partial charge in [0.25, 0.3) is 0 Å². The van der Waals surface area contributed by atoms with E-state index in [1.165, 1.54) is 22.3 Å². The Morgan fingerprint density at radius 1 is 0.567 bits per heavy atom. The van der Waals surface area contributed by atoms with Gasteiger partial charge in [-0.05, 0) is 64.5 Å². The Bertz CT molecular complexity index is 783. The Kier molecular flexibility index (Phi) is 15.2. The summed E-state index contributed by atoms with van der Waals surface area (Å²) in [5, 5.41) is 0. The third-order valence-corrected chi connectivity index (χ3v) is 4.56. The largest absolute Gasteiger partial charge is 1.00 e. The van der Waals surface area contributed by atoms with Crippen molar-refractivity contribution in [2.75, 3.05) is 0 Å². The maximum absolute atomic E-state index is 3.19. The van der Waals surface area contributed by atoms with E-state index in [1.54, 1.807) is 0 Å². The summed E-state index contributed by atoms with van der Waals surface area (Å²) in [5.74, 6) is 12.4. The van der Waals surface area contributed by atoms with Crippen molar-refractivity contribution in [2.45, 2.75) is 79.3 Å². The average molecular weight is 534 g/mol. The molecule has 2 heterocycles. The predicted octanol–water partition coefficient (Wildman–Crippen LogP) is -1.45. The molecule has 0 aliphatic carbocycles. The highest BCUT2D eigenvalue weighted by Gasteiger charge is 2.03. The molecule has 2 nitrogen and oxygen atoms in total. The summed E-state index contributed by atoms with van der Waals surface area (Å²) in [7, 11) is 0. The molecule has 0 bridgehead atoms. The second kappa shape index (κ2) is 16.1. The van der Waals surface area contributed by atoms with Gasteiger partial charge < -0.3 is 34.0 Å². The number of aryl methyl sites for hydroxylation is 6. The van der Waals surface area contributed by atoms with Crippen molar-refractivity contribution < 1.29 is 43.1 Å². The van der Waals surface area contributed by atoms with Gasteiger partial charge in [0.2, 0.25) is 0 Å². The molecule has 0 unspecified atom stereocenters. The molecule has 0 saturated carbocycles. The quantitative estimate of drug-likeness (QED) is 0.223. The standard InChI is InChI=1S/C26H34N2.2BrH/c1-23-17-24(2)20-27(19-23)15-13-11-9-7-5-6-8-10-12-14-16-28-21-25(3)18-26(4)22-28;;/h17-22H,9-16H2,1-4H3;2*1H/q+2;;/p-2. The van der Waals surface area contributed by atoms with Crippen molar-refractivity contribution in [1.82, 2.24) is 0 Å². The summed E-state index contributed by atoms with van der Waals surface area (Å²) in [6.07, 6.45) is 15.3. The van der Waals surface area contributed by atoms with E-state index in [4.69, 9.17) is 0 Å². The van der Waals surface area contributed by atoms with E-state index in [-0.39, 0.29) is 34.0 Å². The number of nitrogens with zero attached hydrogens (tertiary/aromatic N) is 2. The first kappa shape index (κ1) is 28.4. The molecular formula is C26H34Br2N2. The van der Waals surface area contributed by atoms with Crippen LogP contribution < -0.4 is 43.1 Å². The minimum atomic E-state index is 0. The maximum atomic E-state index is 3.19. The molecule has 0 spiro atoms. The zero-order chi connectivity index (χ0) is 20.2. The van der Waals surface area contributed by atoms with Crippen molar-refractivity contribution in [1.29, 1.82) is 0 Å². The van der Waals surface area contributed by atoms with Crippen molar-refractivity contribution >= 4 is 0 Å². The molecule has 2 aromatic rings. The fraction of sp³-hybridized carbons (Fsp3) is 0.462. The summed E-state index contributed by atoms with van der Waals surface area (Å²) < 4.78 is 4.57. The van der Waals surface area contributed by atoms with Crippen LogP contribution in [-0.2, 0) is 13.1 Å². The van der Waals surface area contributed by atoms with E-state index in [0.717, 1.165) is 51.6 Å². The lowest BCUT2D eigenvalue weighted by atomic mass is 10.2. The van der Waals surface area contributed by atoms with Gasteiger partial charge in [0, 0.05) is 47.9 Å². The maximum Gasteiger partial charge on any atom is 0.171 e. The SMILES string of the molecule is Cc1cc(C)c[n+](CCCCC#CC#CCCCC[n+]2cc(C)cc(C)c2)c1.[Br-].[Br-]. The topological polar surface area (TPSA) is 7.76 Å². The number of hydrogen-bond donors (Lipinski definition) is 0. The molecule has 30 heavy (non-hydrogen) atoms. The Balaban J connectivity index is 0.00000420. The number of unbranched alkanes of at least 4 members (excludes halogenated alkanes) is 4. The number of halogens is 2. The Morgan fingerprint density at radius 3 is 1.23 bits per heavy atom. The van der Waals surface area contributed by atoms with Crippen molar-refractivity contribution in [3.05, 3.63) is 59.2 Å². The molecule has 0 N–H and O–H groups in total.